The van der Waals surface area contributed by atoms with Gasteiger partial charge in [0.05, 0.1) is 5.60 Å². The predicted molar refractivity (Wildman–Crippen MR) is 53.6 cm³/mol. The molecule has 0 spiro atoms. The first-order chi connectivity index (χ1) is 6.12. The smallest absolute Gasteiger partial charge is 0.0743 e. The van der Waals surface area contributed by atoms with Crippen LogP contribution >= 0.6 is 0 Å². The molecule has 3 atom stereocenters. The molecule has 2 fully saturated rings. The number of hydrogen-bond acceptors (Lipinski definition) is 2. The summed E-state index contributed by atoms with van der Waals surface area (Å²) in [6.45, 7) is 6.11. The van der Waals surface area contributed by atoms with Gasteiger partial charge in [0.2, 0.25) is 0 Å². The molecule has 76 valence electrons. The van der Waals surface area contributed by atoms with Gasteiger partial charge in [-0.15, -0.1) is 0 Å². The van der Waals surface area contributed by atoms with E-state index in [-0.39, 0.29) is 0 Å². The molecule has 1 aliphatic carbocycles. The molecule has 0 amide bonds. The molecule has 2 rings (SSSR count). The van der Waals surface area contributed by atoms with E-state index in [1.54, 1.807) is 0 Å². The average molecular weight is 183 g/mol. The summed E-state index contributed by atoms with van der Waals surface area (Å²) in [6, 6.07) is 0.826. The van der Waals surface area contributed by atoms with Crippen molar-refractivity contribution in [1.29, 1.82) is 0 Å². The van der Waals surface area contributed by atoms with Crippen LogP contribution in [0.3, 0.4) is 0 Å². The fraction of sp³-hybridized carbons (Fsp3) is 1.00. The minimum atomic E-state index is -0.468. The third-order valence-electron chi connectivity index (χ3n) is 3.68. The molecular weight excluding hydrogens is 162 g/mol. The first-order valence-corrected chi connectivity index (χ1v) is 5.59. The highest BCUT2D eigenvalue weighted by molar-refractivity contribution is 4.99. The number of piperidine rings is 1. The van der Waals surface area contributed by atoms with Gasteiger partial charge in [-0.25, -0.2) is 0 Å². The number of nitrogens with zero attached hydrogens (tertiary/aromatic N) is 1. The van der Waals surface area contributed by atoms with Crippen LogP contribution in [-0.4, -0.2) is 34.7 Å². The molecular formula is C11H21NO. The van der Waals surface area contributed by atoms with Crippen LogP contribution < -0.4 is 0 Å². The second-order valence-electron chi connectivity index (χ2n) is 5.03. The highest BCUT2D eigenvalue weighted by atomic mass is 16.3. The number of β-amino-alcohol motifs (C(OH)–C–C–N with tert-alkyl or cyclic N) is 1. The third kappa shape index (κ3) is 2.05. The largest absolute Gasteiger partial charge is 0.389 e. The van der Waals surface area contributed by atoms with Gasteiger partial charge < -0.3 is 5.11 Å². The van der Waals surface area contributed by atoms with E-state index in [9.17, 15) is 5.11 Å². The Labute approximate surface area is 80.9 Å². The van der Waals surface area contributed by atoms with E-state index in [2.05, 4.69) is 11.8 Å². The summed E-state index contributed by atoms with van der Waals surface area (Å²) in [5.41, 5.74) is -0.468. The third-order valence-corrected chi connectivity index (χ3v) is 3.68. The quantitative estimate of drug-likeness (QED) is 0.719. The van der Waals surface area contributed by atoms with Gasteiger partial charge in [0, 0.05) is 12.6 Å². The Balaban J connectivity index is 1.87. The van der Waals surface area contributed by atoms with Crippen LogP contribution in [0, 0.1) is 5.92 Å². The summed E-state index contributed by atoms with van der Waals surface area (Å²) in [5, 5.41) is 9.97. The molecule has 2 nitrogen and oxygen atoms in total. The van der Waals surface area contributed by atoms with Crippen LogP contribution in [0.15, 0.2) is 0 Å². The molecule has 1 heterocycles. The summed E-state index contributed by atoms with van der Waals surface area (Å²) in [7, 11) is 0. The number of rotatable bonds is 3. The van der Waals surface area contributed by atoms with Gasteiger partial charge in [-0.2, -0.15) is 0 Å². The minimum Gasteiger partial charge on any atom is -0.389 e. The van der Waals surface area contributed by atoms with E-state index in [0.29, 0.717) is 0 Å². The first kappa shape index (κ1) is 9.47. The van der Waals surface area contributed by atoms with E-state index in [1.807, 2.05) is 6.92 Å². The van der Waals surface area contributed by atoms with E-state index in [4.69, 9.17) is 0 Å². The summed E-state index contributed by atoms with van der Waals surface area (Å²) in [4.78, 5) is 2.50. The van der Waals surface area contributed by atoms with Crippen LogP contribution in [0.1, 0.15) is 39.5 Å². The minimum absolute atomic E-state index is 0.468. The number of fused-ring (bicyclic) bond motifs is 1. The second-order valence-corrected chi connectivity index (χ2v) is 5.03. The molecule has 2 aliphatic rings. The number of aliphatic hydroxyl groups is 1. The zero-order valence-corrected chi connectivity index (χ0v) is 8.79. The van der Waals surface area contributed by atoms with Crippen molar-refractivity contribution in [2.24, 2.45) is 5.92 Å². The predicted octanol–water partition coefficient (Wildman–Crippen LogP) is 1.63. The van der Waals surface area contributed by atoms with Crippen LogP contribution in [0.4, 0.5) is 0 Å². The monoisotopic (exact) mass is 183 g/mol. The summed E-state index contributed by atoms with van der Waals surface area (Å²) >= 11 is 0. The molecule has 3 unspecified atom stereocenters. The molecule has 13 heavy (non-hydrogen) atoms. The van der Waals surface area contributed by atoms with Crippen molar-refractivity contribution in [3.8, 4) is 0 Å². The maximum Gasteiger partial charge on any atom is 0.0743 e. The maximum atomic E-state index is 9.97. The Bertz CT molecular complexity index is 191. The molecule has 0 aromatic heterocycles. The molecule has 1 aliphatic heterocycles. The molecule has 0 bridgehead atoms. The van der Waals surface area contributed by atoms with E-state index >= 15 is 0 Å². The van der Waals surface area contributed by atoms with Crippen molar-refractivity contribution in [3.63, 3.8) is 0 Å². The zero-order chi connectivity index (χ0) is 9.47. The van der Waals surface area contributed by atoms with Crippen LogP contribution in [0.5, 0.6) is 0 Å². The lowest BCUT2D eigenvalue weighted by Crippen LogP contribution is -2.43. The lowest BCUT2D eigenvalue weighted by atomic mass is 10.0. The molecule has 1 N–H and O–H groups in total. The summed E-state index contributed by atoms with van der Waals surface area (Å²) in [5.74, 6) is 0.974. The fourth-order valence-electron chi connectivity index (χ4n) is 2.46. The van der Waals surface area contributed by atoms with Crippen molar-refractivity contribution in [1.82, 2.24) is 4.90 Å². The van der Waals surface area contributed by atoms with Gasteiger partial charge in [-0.1, -0.05) is 6.92 Å². The number of likely N-dealkylation sites (tertiary alicyclic amines) is 1. The van der Waals surface area contributed by atoms with Crippen molar-refractivity contribution < 1.29 is 5.11 Å². The summed E-state index contributed by atoms with van der Waals surface area (Å²) < 4.78 is 0. The highest BCUT2D eigenvalue weighted by Gasteiger charge is 2.45. The van der Waals surface area contributed by atoms with Crippen LogP contribution in [0.2, 0.25) is 0 Å². The van der Waals surface area contributed by atoms with Gasteiger partial charge >= 0.3 is 0 Å². The van der Waals surface area contributed by atoms with Crippen molar-refractivity contribution in [3.05, 3.63) is 0 Å². The normalized spacial score (nSPS) is 38.1. The van der Waals surface area contributed by atoms with E-state index in [0.717, 1.165) is 24.9 Å². The van der Waals surface area contributed by atoms with Crippen molar-refractivity contribution in [2.75, 3.05) is 13.1 Å². The Morgan fingerprint density at radius 2 is 2.31 bits per heavy atom. The topological polar surface area (TPSA) is 23.5 Å². The van der Waals surface area contributed by atoms with Crippen molar-refractivity contribution in [2.45, 2.75) is 51.2 Å². The Morgan fingerprint density at radius 1 is 1.54 bits per heavy atom. The second kappa shape index (κ2) is 3.25. The van der Waals surface area contributed by atoms with Crippen molar-refractivity contribution >= 4 is 0 Å². The average Bonchev–Trinajstić information content (AvgIpc) is 2.84. The van der Waals surface area contributed by atoms with Crippen LogP contribution in [0.25, 0.3) is 0 Å². The van der Waals surface area contributed by atoms with Gasteiger partial charge in [0.15, 0.2) is 0 Å². The molecule has 1 saturated carbocycles. The van der Waals surface area contributed by atoms with Gasteiger partial charge in [-0.05, 0) is 45.1 Å². The number of hydrogen-bond donors (Lipinski definition) is 1. The zero-order valence-electron chi connectivity index (χ0n) is 8.79. The van der Waals surface area contributed by atoms with Crippen LogP contribution in [-0.2, 0) is 0 Å². The van der Waals surface area contributed by atoms with Gasteiger partial charge in [0.25, 0.3) is 0 Å². The fourth-order valence-corrected chi connectivity index (χ4v) is 2.46. The summed E-state index contributed by atoms with van der Waals surface area (Å²) in [6.07, 6.45) is 5.01. The molecule has 0 aromatic rings. The molecule has 0 aromatic carbocycles. The van der Waals surface area contributed by atoms with E-state index < -0.39 is 5.60 Å². The van der Waals surface area contributed by atoms with E-state index in [1.165, 1.54) is 25.8 Å². The van der Waals surface area contributed by atoms with Gasteiger partial charge in [0.1, 0.15) is 0 Å². The lowest BCUT2D eigenvalue weighted by molar-refractivity contribution is 0.00788. The lowest BCUT2D eigenvalue weighted by Gasteiger charge is -2.33. The Kier molecular flexibility index (Phi) is 2.37. The SMILES string of the molecule is CCC(C)(O)CN1CCCC2CC21. The van der Waals surface area contributed by atoms with Gasteiger partial charge in [-0.3, -0.25) is 4.90 Å². The Hall–Kier alpha value is -0.0800. The maximum absolute atomic E-state index is 9.97. The molecule has 1 saturated heterocycles. The Morgan fingerprint density at radius 3 is 3.00 bits per heavy atom. The molecule has 2 heteroatoms. The first-order valence-electron chi connectivity index (χ1n) is 5.59. The molecule has 0 radical (unpaired) electrons. The standard InChI is InChI=1S/C11H21NO/c1-3-11(2,13)8-12-6-4-5-9-7-10(9)12/h9-10,13H,3-8H2,1-2H3. The highest BCUT2D eigenvalue weighted by Crippen LogP contribution is 2.43.